The van der Waals surface area contributed by atoms with Gasteiger partial charge in [0.05, 0.1) is 12.7 Å². The van der Waals surface area contributed by atoms with Crippen LogP contribution in [0.3, 0.4) is 0 Å². The van der Waals surface area contributed by atoms with Crippen LogP contribution in [0, 0.1) is 18.3 Å². The van der Waals surface area contributed by atoms with E-state index in [1.807, 2.05) is 43.3 Å². The number of carbonyl (C=O) groups excluding carboxylic acids is 2. The summed E-state index contributed by atoms with van der Waals surface area (Å²) in [6.07, 6.45) is 1.48. The van der Waals surface area contributed by atoms with Gasteiger partial charge in [0.25, 0.3) is 5.91 Å². The molecule has 0 unspecified atom stereocenters. The lowest BCUT2D eigenvalue weighted by Crippen LogP contribution is -2.13. The van der Waals surface area contributed by atoms with Gasteiger partial charge in [0.1, 0.15) is 24.0 Å². The second kappa shape index (κ2) is 11.1. The van der Waals surface area contributed by atoms with E-state index in [1.54, 1.807) is 24.3 Å². The van der Waals surface area contributed by atoms with E-state index in [2.05, 4.69) is 26.0 Å². The molecule has 0 aliphatic rings. The van der Waals surface area contributed by atoms with E-state index in [0.29, 0.717) is 29.2 Å². The van der Waals surface area contributed by atoms with Gasteiger partial charge in [0.2, 0.25) is 0 Å². The minimum atomic E-state index is -0.576. The SMILES string of the molecule is COC(=O)c1ccc(NC(=O)/C(C#N)=C/c2cc(Br)ccc2OCc2ccc(C)cc2)cc1. The number of halogens is 1. The largest absolute Gasteiger partial charge is 0.488 e. The molecule has 0 spiro atoms. The molecule has 0 radical (unpaired) electrons. The molecular weight excluding hydrogens is 484 g/mol. The Morgan fingerprint density at radius 1 is 1.06 bits per heavy atom. The molecule has 6 nitrogen and oxygen atoms in total. The summed E-state index contributed by atoms with van der Waals surface area (Å²) in [5.74, 6) is -0.507. The van der Waals surface area contributed by atoms with Crippen molar-refractivity contribution in [1.29, 1.82) is 5.26 Å². The summed E-state index contributed by atoms with van der Waals surface area (Å²) in [6, 6.07) is 21.5. The molecule has 166 valence electrons. The summed E-state index contributed by atoms with van der Waals surface area (Å²) in [6.45, 7) is 2.37. The quantitative estimate of drug-likeness (QED) is 0.254. The van der Waals surface area contributed by atoms with E-state index in [4.69, 9.17) is 4.74 Å². The van der Waals surface area contributed by atoms with Crippen LogP contribution in [0.25, 0.3) is 6.08 Å². The third-order valence-corrected chi connectivity index (χ3v) is 5.21. The molecule has 3 rings (SSSR count). The molecule has 7 heteroatoms. The summed E-state index contributed by atoms with van der Waals surface area (Å²) in [5, 5.41) is 12.2. The van der Waals surface area contributed by atoms with Gasteiger partial charge >= 0.3 is 5.97 Å². The van der Waals surface area contributed by atoms with Crippen molar-refractivity contribution in [2.75, 3.05) is 12.4 Å². The number of aryl methyl sites for hydroxylation is 1. The minimum absolute atomic E-state index is 0.0923. The fourth-order valence-corrected chi connectivity index (χ4v) is 3.30. The van der Waals surface area contributed by atoms with Crippen molar-refractivity contribution in [3.63, 3.8) is 0 Å². The standard InChI is InChI=1S/C26H21BrN2O4/c1-17-3-5-18(6-4-17)16-33-24-12-9-22(27)14-20(24)13-21(15-28)25(30)29-23-10-7-19(8-11-23)26(31)32-2/h3-14H,16H2,1-2H3,(H,29,30)/b21-13+. The molecule has 0 saturated heterocycles. The summed E-state index contributed by atoms with van der Waals surface area (Å²) in [5.41, 5.74) is 3.47. The molecule has 0 bridgehead atoms. The molecule has 0 heterocycles. The first-order valence-corrected chi connectivity index (χ1v) is 10.8. The maximum absolute atomic E-state index is 12.7. The number of methoxy groups -OCH3 is 1. The first kappa shape index (κ1) is 23.8. The van der Waals surface area contributed by atoms with Crippen LogP contribution < -0.4 is 10.1 Å². The van der Waals surface area contributed by atoms with Gasteiger partial charge in [-0.15, -0.1) is 0 Å². The van der Waals surface area contributed by atoms with Crippen molar-refractivity contribution >= 4 is 39.6 Å². The van der Waals surface area contributed by atoms with Crippen LogP contribution in [0.15, 0.2) is 76.8 Å². The van der Waals surface area contributed by atoms with E-state index in [1.165, 1.54) is 25.3 Å². The Balaban J connectivity index is 1.78. The monoisotopic (exact) mass is 504 g/mol. The van der Waals surface area contributed by atoms with Crippen LogP contribution in [0.5, 0.6) is 5.75 Å². The number of nitrogens with zero attached hydrogens (tertiary/aromatic N) is 1. The smallest absolute Gasteiger partial charge is 0.337 e. The molecule has 1 amide bonds. The van der Waals surface area contributed by atoms with E-state index < -0.39 is 11.9 Å². The van der Waals surface area contributed by atoms with Gasteiger partial charge in [-0.25, -0.2) is 4.79 Å². The summed E-state index contributed by atoms with van der Waals surface area (Å²) >= 11 is 3.42. The first-order valence-electron chi connectivity index (χ1n) is 9.99. The Hall–Kier alpha value is -3.89. The predicted octanol–water partition coefficient (Wildman–Crippen LogP) is 5.67. The maximum Gasteiger partial charge on any atom is 0.337 e. The van der Waals surface area contributed by atoms with E-state index >= 15 is 0 Å². The predicted molar refractivity (Wildman–Crippen MR) is 130 cm³/mol. The number of anilines is 1. The Morgan fingerprint density at radius 2 is 1.76 bits per heavy atom. The number of amides is 1. The van der Waals surface area contributed by atoms with Gasteiger partial charge in [0, 0.05) is 15.7 Å². The van der Waals surface area contributed by atoms with Crippen molar-refractivity contribution in [1.82, 2.24) is 0 Å². The van der Waals surface area contributed by atoms with Gasteiger partial charge < -0.3 is 14.8 Å². The van der Waals surface area contributed by atoms with Crippen LogP contribution in [0.2, 0.25) is 0 Å². The normalized spacial score (nSPS) is 10.8. The Labute approximate surface area is 200 Å². The Morgan fingerprint density at radius 3 is 2.39 bits per heavy atom. The maximum atomic E-state index is 12.7. The molecule has 0 aliphatic carbocycles. The highest BCUT2D eigenvalue weighted by molar-refractivity contribution is 9.10. The molecule has 0 atom stereocenters. The number of benzene rings is 3. The zero-order valence-corrected chi connectivity index (χ0v) is 19.7. The third kappa shape index (κ3) is 6.55. The lowest BCUT2D eigenvalue weighted by molar-refractivity contribution is -0.112. The number of rotatable bonds is 7. The second-order valence-corrected chi connectivity index (χ2v) is 8.06. The zero-order chi connectivity index (χ0) is 23.8. The van der Waals surface area contributed by atoms with Crippen LogP contribution in [0.4, 0.5) is 5.69 Å². The molecule has 0 aromatic heterocycles. The number of hydrogen-bond acceptors (Lipinski definition) is 5. The van der Waals surface area contributed by atoms with Crippen LogP contribution in [0.1, 0.15) is 27.0 Å². The topological polar surface area (TPSA) is 88.4 Å². The van der Waals surface area contributed by atoms with Crippen molar-refractivity contribution in [3.8, 4) is 11.8 Å². The minimum Gasteiger partial charge on any atom is -0.488 e. The summed E-state index contributed by atoms with van der Waals surface area (Å²) in [7, 11) is 1.29. The van der Waals surface area contributed by atoms with Crippen molar-refractivity contribution in [2.24, 2.45) is 0 Å². The number of nitrogens with one attached hydrogen (secondary N) is 1. The molecule has 3 aromatic carbocycles. The van der Waals surface area contributed by atoms with Crippen LogP contribution >= 0.6 is 15.9 Å². The molecule has 0 saturated carbocycles. The highest BCUT2D eigenvalue weighted by Gasteiger charge is 2.13. The average molecular weight is 505 g/mol. The average Bonchev–Trinajstić information content (AvgIpc) is 2.82. The number of carbonyl (C=O) groups is 2. The van der Waals surface area contributed by atoms with Gasteiger partial charge in [-0.05, 0) is 61.0 Å². The second-order valence-electron chi connectivity index (χ2n) is 7.15. The lowest BCUT2D eigenvalue weighted by atomic mass is 10.1. The number of nitriles is 1. The van der Waals surface area contributed by atoms with Crippen molar-refractivity contribution in [3.05, 3.63) is 99.0 Å². The molecule has 0 aliphatic heterocycles. The van der Waals surface area contributed by atoms with Crippen molar-refractivity contribution < 1.29 is 19.1 Å². The summed E-state index contributed by atoms with van der Waals surface area (Å²) in [4.78, 5) is 24.2. The highest BCUT2D eigenvalue weighted by atomic mass is 79.9. The van der Waals surface area contributed by atoms with Crippen molar-refractivity contribution in [2.45, 2.75) is 13.5 Å². The van der Waals surface area contributed by atoms with E-state index in [-0.39, 0.29) is 5.57 Å². The van der Waals surface area contributed by atoms with E-state index in [9.17, 15) is 14.9 Å². The number of hydrogen-bond donors (Lipinski definition) is 1. The van der Waals surface area contributed by atoms with E-state index in [0.717, 1.165) is 15.6 Å². The number of esters is 1. The van der Waals surface area contributed by atoms with Gasteiger partial charge in [-0.3, -0.25) is 4.79 Å². The Kier molecular flexibility index (Phi) is 8.01. The van der Waals surface area contributed by atoms with Gasteiger partial charge in [-0.2, -0.15) is 5.26 Å². The molecule has 3 aromatic rings. The highest BCUT2D eigenvalue weighted by Crippen LogP contribution is 2.27. The molecule has 33 heavy (non-hydrogen) atoms. The molecular formula is C26H21BrN2O4. The molecule has 1 N–H and O–H groups in total. The zero-order valence-electron chi connectivity index (χ0n) is 18.1. The fourth-order valence-electron chi connectivity index (χ4n) is 2.92. The van der Waals surface area contributed by atoms with Gasteiger partial charge in [-0.1, -0.05) is 45.8 Å². The third-order valence-electron chi connectivity index (χ3n) is 4.72. The number of ether oxygens (including phenoxy) is 2. The summed E-state index contributed by atoms with van der Waals surface area (Å²) < 4.78 is 11.4. The first-order chi connectivity index (χ1) is 15.9. The molecule has 0 fully saturated rings. The Bertz CT molecular complexity index is 1230. The van der Waals surface area contributed by atoms with Crippen LogP contribution in [-0.4, -0.2) is 19.0 Å². The van der Waals surface area contributed by atoms with Gasteiger partial charge in [0.15, 0.2) is 0 Å². The fraction of sp³-hybridized carbons (Fsp3) is 0.115. The van der Waals surface area contributed by atoms with Crippen LogP contribution in [-0.2, 0) is 16.1 Å². The lowest BCUT2D eigenvalue weighted by Gasteiger charge is -2.11.